The molecule has 2 heterocycles. The Kier molecular flexibility index (Phi) is 4.30. The quantitative estimate of drug-likeness (QED) is 0.666. The number of carbonyl (C=O) groups excluding carboxylic acids is 1. The minimum atomic E-state index is -0.281. The van der Waals surface area contributed by atoms with E-state index in [4.69, 9.17) is 0 Å². The van der Waals surface area contributed by atoms with Crippen molar-refractivity contribution in [2.45, 2.75) is 12.3 Å². The standard InChI is InChI=1S/C14H14N4O2S2/c1-21-7-12-16-9(6-22-12)5-15-13(19)8-2-3-10-11(4-8)18-14(20)17-10/h2-4,6H,5,7H2,1H3,(H,15,19)(H2,17,18,20). The van der Waals surface area contributed by atoms with E-state index in [0.717, 1.165) is 16.5 Å². The number of carbonyl (C=O) groups is 1. The van der Waals surface area contributed by atoms with Gasteiger partial charge in [0, 0.05) is 16.7 Å². The van der Waals surface area contributed by atoms with E-state index in [0.29, 0.717) is 23.1 Å². The van der Waals surface area contributed by atoms with Gasteiger partial charge in [-0.2, -0.15) is 11.8 Å². The Balaban J connectivity index is 1.68. The number of aromatic nitrogens is 3. The van der Waals surface area contributed by atoms with Gasteiger partial charge in [-0.25, -0.2) is 9.78 Å². The molecule has 0 unspecified atom stereocenters. The Hall–Kier alpha value is -2.06. The number of imidazole rings is 1. The minimum Gasteiger partial charge on any atom is -0.346 e. The van der Waals surface area contributed by atoms with Gasteiger partial charge in [0.05, 0.1) is 23.3 Å². The molecular formula is C14H14N4O2S2. The highest BCUT2D eigenvalue weighted by Crippen LogP contribution is 2.15. The second kappa shape index (κ2) is 6.37. The Labute approximate surface area is 134 Å². The van der Waals surface area contributed by atoms with Crippen LogP contribution in [0.2, 0.25) is 0 Å². The third-order valence-corrected chi connectivity index (χ3v) is 4.72. The zero-order valence-electron chi connectivity index (χ0n) is 11.8. The van der Waals surface area contributed by atoms with E-state index in [1.54, 1.807) is 41.3 Å². The average molecular weight is 334 g/mol. The molecule has 3 N–H and O–H groups in total. The molecule has 0 saturated carbocycles. The molecule has 0 aliphatic heterocycles. The van der Waals surface area contributed by atoms with Crippen molar-refractivity contribution in [3.8, 4) is 0 Å². The van der Waals surface area contributed by atoms with E-state index in [-0.39, 0.29) is 11.6 Å². The van der Waals surface area contributed by atoms with Crippen LogP contribution in [0.5, 0.6) is 0 Å². The van der Waals surface area contributed by atoms with E-state index >= 15 is 0 Å². The number of fused-ring (bicyclic) bond motifs is 1. The molecule has 0 radical (unpaired) electrons. The number of nitrogens with one attached hydrogen (secondary N) is 3. The number of amides is 1. The van der Waals surface area contributed by atoms with Crippen LogP contribution in [-0.4, -0.2) is 27.1 Å². The summed E-state index contributed by atoms with van der Waals surface area (Å²) in [7, 11) is 0. The lowest BCUT2D eigenvalue weighted by molar-refractivity contribution is 0.0950. The lowest BCUT2D eigenvalue weighted by Gasteiger charge is -2.03. The molecule has 0 atom stereocenters. The van der Waals surface area contributed by atoms with Crippen molar-refractivity contribution < 1.29 is 4.79 Å². The van der Waals surface area contributed by atoms with Crippen LogP contribution in [0.25, 0.3) is 11.0 Å². The lowest BCUT2D eigenvalue weighted by Crippen LogP contribution is -2.22. The van der Waals surface area contributed by atoms with Crippen LogP contribution in [0.4, 0.5) is 0 Å². The molecule has 0 fully saturated rings. The number of thiazole rings is 1. The van der Waals surface area contributed by atoms with Gasteiger partial charge in [0.1, 0.15) is 5.01 Å². The fourth-order valence-electron chi connectivity index (χ4n) is 2.07. The van der Waals surface area contributed by atoms with Gasteiger partial charge in [-0.1, -0.05) is 0 Å². The molecule has 22 heavy (non-hydrogen) atoms. The highest BCUT2D eigenvalue weighted by molar-refractivity contribution is 7.97. The van der Waals surface area contributed by atoms with Crippen LogP contribution in [0, 0.1) is 0 Å². The Morgan fingerprint density at radius 1 is 1.36 bits per heavy atom. The summed E-state index contributed by atoms with van der Waals surface area (Å²) in [5.74, 6) is 0.694. The first-order valence-corrected chi connectivity index (χ1v) is 8.85. The Morgan fingerprint density at radius 2 is 2.18 bits per heavy atom. The van der Waals surface area contributed by atoms with Crippen LogP contribution >= 0.6 is 23.1 Å². The first-order valence-electron chi connectivity index (χ1n) is 6.58. The van der Waals surface area contributed by atoms with E-state index in [1.807, 2.05) is 11.6 Å². The van der Waals surface area contributed by atoms with Gasteiger partial charge in [-0.05, 0) is 24.5 Å². The van der Waals surface area contributed by atoms with Crippen molar-refractivity contribution in [2.24, 2.45) is 0 Å². The number of nitrogens with zero attached hydrogens (tertiary/aromatic N) is 1. The molecule has 8 heteroatoms. The largest absolute Gasteiger partial charge is 0.346 e. The van der Waals surface area contributed by atoms with Crippen LogP contribution in [-0.2, 0) is 12.3 Å². The summed E-state index contributed by atoms with van der Waals surface area (Å²) in [5, 5.41) is 5.85. The topological polar surface area (TPSA) is 90.6 Å². The normalized spacial score (nSPS) is 11.0. The Bertz CT molecular complexity index is 865. The number of hydrogen-bond acceptors (Lipinski definition) is 5. The van der Waals surface area contributed by atoms with Crippen LogP contribution in [0.1, 0.15) is 21.1 Å². The summed E-state index contributed by atoms with van der Waals surface area (Å²) >= 11 is 3.32. The number of thioether (sulfide) groups is 1. The zero-order chi connectivity index (χ0) is 15.5. The van der Waals surface area contributed by atoms with Crippen LogP contribution in [0.3, 0.4) is 0 Å². The molecular weight excluding hydrogens is 320 g/mol. The van der Waals surface area contributed by atoms with E-state index in [1.165, 1.54) is 0 Å². The van der Waals surface area contributed by atoms with Gasteiger partial charge >= 0.3 is 5.69 Å². The molecule has 1 amide bonds. The molecule has 3 rings (SSSR count). The minimum absolute atomic E-state index is 0.191. The summed E-state index contributed by atoms with van der Waals surface area (Å²) in [5.41, 5.74) is 2.38. The summed E-state index contributed by atoms with van der Waals surface area (Å²) < 4.78 is 0. The maximum Gasteiger partial charge on any atom is 0.323 e. The summed E-state index contributed by atoms with van der Waals surface area (Å²) in [6.07, 6.45) is 2.03. The molecule has 0 bridgehead atoms. The highest BCUT2D eigenvalue weighted by atomic mass is 32.2. The van der Waals surface area contributed by atoms with Crippen molar-refractivity contribution in [3.05, 3.63) is 50.3 Å². The lowest BCUT2D eigenvalue weighted by atomic mass is 10.2. The van der Waals surface area contributed by atoms with Gasteiger partial charge in [0.15, 0.2) is 0 Å². The first-order chi connectivity index (χ1) is 10.7. The number of H-pyrrole nitrogens is 2. The van der Waals surface area contributed by atoms with Gasteiger partial charge in [0.25, 0.3) is 5.91 Å². The average Bonchev–Trinajstić information content (AvgIpc) is 3.09. The summed E-state index contributed by atoms with van der Waals surface area (Å²) in [6, 6.07) is 5.05. The van der Waals surface area contributed by atoms with Gasteiger partial charge in [-0.15, -0.1) is 11.3 Å². The van der Waals surface area contributed by atoms with Crippen molar-refractivity contribution in [1.29, 1.82) is 0 Å². The van der Waals surface area contributed by atoms with Crippen molar-refractivity contribution in [2.75, 3.05) is 6.26 Å². The number of rotatable bonds is 5. The molecule has 2 aromatic heterocycles. The zero-order valence-corrected chi connectivity index (χ0v) is 13.4. The summed E-state index contributed by atoms with van der Waals surface area (Å²) in [6.45, 7) is 0.394. The smallest absolute Gasteiger partial charge is 0.323 e. The molecule has 6 nitrogen and oxygen atoms in total. The van der Waals surface area contributed by atoms with Crippen molar-refractivity contribution >= 4 is 40.0 Å². The second-order valence-electron chi connectivity index (χ2n) is 4.69. The third-order valence-electron chi connectivity index (χ3n) is 3.08. The van der Waals surface area contributed by atoms with Gasteiger partial charge in [-0.3, -0.25) is 4.79 Å². The number of aromatic amines is 2. The van der Waals surface area contributed by atoms with Crippen LogP contribution in [0.15, 0.2) is 28.4 Å². The predicted octanol–water partition coefficient (Wildman–Crippen LogP) is 2.11. The number of benzene rings is 1. The number of hydrogen-bond donors (Lipinski definition) is 3. The molecule has 0 spiro atoms. The molecule has 0 aliphatic rings. The fraction of sp³-hybridized carbons (Fsp3) is 0.214. The van der Waals surface area contributed by atoms with Crippen molar-refractivity contribution in [1.82, 2.24) is 20.3 Å². The SMILES string of the molecule is CSCc1nc(CNC(=O)c2ccc3[nH]c(=O)[nH]c3c2)cs1. The fourth-order valence-corrected chi connectivity index (χ4v) is 3.58. The predicted molar refractivity (Wildman–Crippen MR) is 89.4 cm³/mol. The van der Waals surface area contributed by atoms with Crippen LogP contribution < -0.4 is 11.0 Å². The molecule has 0 saturated heterocycles. The molecule has 114 valence electrons. The molecule has 3 aromatic rings. The molecule has 1 aromatic carbocycles. The summed E-state index contributed by atoms with van der Waals surface area (Å²) in [4.78, 5) is 33.1. The molecule has 0 aliphatic carbocycles. The van der Waals surface area contributed by atoms with Crippen molar-refractivity contribution in [3.63, 3.8) is 0 Å². The first kappa shape index (κ1) is 14.9. The monoisotopic (exact) mass is 334 g/mol. The third kappa shape index (κ3) is 3.23. The van der Waals surface area contributed by atoms with E-state index in [9.17, 15) is 9.59 Å². The van der Waals surface area contributed by atoms with Gasteiger partial charge < -0.3 is 15.3 Å². The second-order valence-corrected chi connectivity index (χ2v) is 6.50. The maximum absolute atomic E-state index is 12.2. The maximum atomic E-state index is 12.2. The van der Waals surface area contributed by atoms with E-state index < -0.39 is 0 Å². The highest BCUT2D eigenvalue weighted by Gasteiger charge is 2.09. The Morgan fingerprint density at radius 3 is 3.00 bits per heavy atom. The van der Waals surface area contributed by atoms with E-state index in [2.05, 4.69) is 20.3 Å². The van der Waals surface area contributed by atoms with Gasteiger partial charge in [0.2, 0.25) is 0 Å².